The van der Waals surface area contributed by atoms with E-state index in [1.54, 1.807) is 6.92 Å². The van der Waals surface area contributed by atoms with Gasteiger partial charge in [0.05, 0.1) is 18.4 Å². The number of likely N-dealkylation sites (tertiary alicyclic amines) is 1. The van der Waals surface area contributed by atoms with Crippen LogP contribution in [0.2, 0.25) is 0 Å². The zero-order valence-corrected chi connectivity index (χ0v) is 17.8. The number of piperidine rings is 1. The highest BCUT2D eigenvalue weighted by Gasteiger charge is 2.42. The first-order chi connectivity index (χ1) is 14.6. The zero-order chi connectivity index (χ0) is 21.1. The Morgan fingerprint density at radius 1 is 0.967 bits per heavy atom. The molecule has 6 nitrogen and oxygen atoms in total. The van der Waals surface area contributed by atoms with Crippen LogP contribution < -0.4 is 4.90 Å². The van der Waals surface area contributed by atoms with Crippen molar-refractivity contribution in [1.29, 1.82) is 0 Å². The molecule has 1 aromatic carbocycles. The number of hydrogen-bond donors (Lipinski definition) is 0. The van der Waals surface area contributed by atoms with Gasteiger partial charge in [0.15, 0.2) is 0 Å². The van der Waals surface area contributed by atoms with Crippen LogP contribution in [-0.4, -0.2) is 48.9 Å². The summed E-state index contributed by atoms with van der Waals surface area (Å²) in [4.78, 5) is 42.9. The summed E-state index contributed by atoms with van der Waals surface area (Å²) >= 11 is 0. The highest BCUT2D eigenvalue weighted by molar-refractivity contribution is 5.99. The van der Waals surface area contributed by atoms with Gasteiger partial charge in [0.1, 0.15) is 0 Å². The normalized spacial score (nSPS) is 26.2. The van der Waals surface area contributed by atoms with Crippen molar-refractivity contribution in [2.75, 3.05) is 31.1 Å². The Hall–Kier alpha value is -2.37. The van der Waals surface area contributed by atoms with Crippen molar-refractivity contribution in [2.45, 2.75) is 51.9 Å². The van der Waals surface area contributed by atoms with Crippen LogP contribution in [0.1, 0.15) is 51.0 Å². The molecular weight excluding hydrogens is 380 g/mol. The van der Waals surface area contributed by atoms with E-state index in [1.807, 2.05) is 28.0 Å². The van der Waals surface area contributed by atoms with E-state index < -0.39 is 0 Å². The predicted octanol–water partition coefficient (Wildman–Crippen LogP) is 3.18. The average Bonchev–Trinajstić information content (AvgIpc) is 3.22. The number of carbonyl (C=O) groups excluding carboxylic acids is 3. The molecule has 1 saturated carbocycles. The highest BCUT2D eigenvalue weighted by Crippen LogP contribution is 2.37. The van der Waals surface area contributed by atoms with Gasteiger partial charge in [0, 0.05) is 31.2 Å². The molecule has 6 heteroatoms. The molecule has 1 saturated heterocycles. The standard InChI is InChI=1S/C24H32N2O4/c1-2-30-24(29)18-9-7-14-25(16-18)22(27)19-10-4-5-11-20(19)23(28)26-15-13-17-8-3-6-12-21(17)26/h3,6,8,12,18-20H,2,4-5,7,9-11,13-16H2,1H3. The van der Waals surface area contributed by atoms with Gasteiger partial charge in [0.2, 0.25) is 11.8 Å². The second-order valence-corrected chi connectivity index (χ2v) is 8.74. The minimum Gasteiger partial charge on any atom is -0.466 e. The van der Waals surface area contributed by atoms with E-state index in [1.165, 1.54) is 5.56 Å². The van der Waals surface area contributed by atoms with Crippen LogP contribution in [0.4, 0.5) is 5.69 Å². The molecule has 162 valence electrons. The molecule has 1 aliphatic carbocycles. The highest BCUT2D eigenvalue weighted by atomic mass is 16.5. The number of amides is 2. The summed E-state index contributed by atoms with van der Waals surface area (Å²) < 4.78 is 5.18. The van der Waals surface area contributed by atoms with Crippen molar-refractivity contribution in [2.24, 2.45) is 17.8 Å². The number of para-hydroxylation sites is 1. The SMILES string of the molecule is CCOC(=O)C1CCCN(C(=O)C2CCCCC2C(=O)N2CCc3ccccc32)C1. The fourth-order valence-corrected chi connectivity index (χ4v) is 5.35. The number of ether oxygens (including phenoxy) is 1. The zero-order valence-electron chi connectivity index (χ0n) is 17.8. The molecule has 2 fully saturated rings. The lowest BCUT2D eigenvalue weighted by molar-refractivity contribution is -0.153. The van der Waals surface area contributed by atoms with Crippen LogP contribution in [0.3, 0.4) is 0 Å². The van der Waals surface area contributed by atoms with Crippen molar-refractivity contribution in [3.8, 4) is 0 Å². The topological polar surface area (TPSA) is 66.9 Å². The maximum absolute atomic E-state index is 13.5. The summed E-state index contributed by atoms with van der Waals surface area (Å²) in [6, 6.07) is 8.07. The quantitative estimate of drug-likeness (QED) is 0.713. The van der Waals surface area contributed by atoms with E-state index >= 15 is 0 Å². The molecule has 0 spiro atoms. The third kappa shape index (κ3) is 4.09. The molecule has 2 heterocycles. The Labute approximate surface area is 178 Å². The van der Waals surface area contributed by atoms with Gasteiger partial charge in [-0.15, -0.1) is 0 Å². The van der Waals surface area contributed by atoms with Crippen molar-refractivity contribution in [3.63, 3.8) is 0 Å². The van der Waals surface area contributed by atoms with Crippen molar-refractivity contribution in [1.82, 2.24) is 4.90 Å². The number of hydrogen-bond acceptors (Lipinski definition) is 4. The van der Waals surface area contributed by atoms with Gasteiger partial charge in [0.25, 0.3) is 0 Å². The predicted molar refractivity (Wildman–Crippen MR) is 114 cm³/mol. The molecule has 0 N–H and O–H groups in total. The first-order valence-electron chi connectivity index (χ1n) is 11.4. The Bertz CT molecular complexity index is 808. The largest absolute Gasteiger partial charge is 0.466 e. The first-order valence-corrected chi connectivity index (χ1v) is 11.4. The summed E-state index contributed by atoms with van der Waals surface area (Å²) in [5, 5.41) is 0. The summed E-state index contributed by atoms with van der Waals surface area (Å²) in [6.45, 7) is 3.95. The Morgan fingerprint density at radius 3 is 2.47 bits per heavy atom. The van der Waals surface area contributed by atoms with Crippen LogP contribution in [0.25, 0.3) is 0 Å². The second kappa shape index (κ2) is 9.19. The van der Waals surface area contributed by atoms with Gasteiger partial charge >= 0.3 is 5.97 Å². The van der Waals surface area contributed by atoms with E-state index in [2.05, 4.69) is 6.07 Å². The number of benzene rings is 1. The molecule has 4 rings (SSSR count). The molecule has 0 bridgehead atoms. The van der Waals surface area contributed by atoms with Crippen LogP contribution in [-0.2, 0) is 25.5 Å². The Morgan fingerprint density at radius 2 is 1.70 bits per heavy atom. The molecule has 30 heavy (non-hydrogen) atoms. The molecule has 3 aliphatic rings. The maximum atomic E-state index is 13.5. The maximum Gasteiger partial charge on any atom is 0.310 e. The average molecular weight is 413 g/mol. The minimum atomic E-state index is -0.278. The van der Waals surface area contributed by atoms with E-state index in [4.69, 9.17) is 4.74 Å². The third-order valence-electron chi connectivity index (χ3n) is 6.91. The van der Waals surface area contributed by atoms with Gasteiger partial charge in [-0.2, -0.15) is 0 Å². The monoisotopic (exact) mass is 412 g/mol. The van der Waals surface area contributed by atoms with Gasteiger partial charge in [-0.25, -0.2) is 0 Å². The summed E-state index contributed by atoms with van der Waals surface area (Å²) in [7, 11) is 0. The van der Waals surface area contributed by atoms with Crippen molar-refractivity contribution < 1.29 is 19.1 Å². The number of carbonyl (C=O) groups is 3. The number of rotatable bonds is 4. The van der Waals surface area contributed by atoms with Crippen LogP contribution >= 0.6 is 0 Å². The number of nitrogens with zero attached hydrogens (tertiary/aromatic N) is 2. The summed E-state index contributed by atoms with van der Waals surface area (Å²) in [5.41, 5.74) is 2.21. The minimum absolute atomic E-state index is 0.0505. The lowest BCUT2D eigenvalue weighted by Gasteiger charge is -2.38. The fraction of sp³-hybridized carbons (Fsp3) is 0.625. The van der Waals surface area contributed by atoms with Crippen molar-refractivity contribution in [3.05, 3.63) is 29.8 Å². The van der Waals surface area contributed by atoms with Gasteiger partial charge < -0.3 is 14.5 Å². The van der Waals surface area contributed by atoms with Gasteiger partial charge in [-0.3, -0.25) is 14.4 Å². The Kier molecular flexibility index (Phi) is 6.40. The van der Waals surface area contributed by atoms with Crippen LogP contribution in [0.15, 0.2) is 24.3 Å². The van der Waals surface area contributed by atoms with E-state index in [9.17, 15) is 14.4 Å². The Balaban J connectivity index is 1.47. The molecular formula is C24H32N2O4. The van der Waals surface area contributed by atoms with Crippen LogP contribution in [0.5, 0.6) is 0 Å². The second-order valence-electron chi connectivity index (χ2n) is 8.74. The molecule has 3 atom stereocenters. The van der Waals surface area contributed by atoms with Crippen LogP contribution in [0, 0.1) is 17.8 Å². The van der Waals surface area contributed by atoms with E-state index in [0.29, 0.717) is 26.2 Å². The molecule has 0 aromatic heterocycles. The summed E-state index contributed by atoms with van der Waals surface area (Å²) in [5.74, 6) is -0.849. The number of fused-ring (bicyclic) bond motifs is 1. The lowest BCUT2D eigenvalue weighted by atomic mass is 9.77. The number of anilines is 1. The van der Waals surface area contributed by atoms with E-state index in [0.717, 1.165) is 50.6 Å². The lowest BCUT2D eigenvalue weighted by Crippen LogP contribution is -2.50. The molecule has 2 aliphatic heterocycles. The fourth-order valence-electron chi connectivity index (χ4n) is 5.35. The van der Waals surface area contributed by atoms with Crippen molar-refractivity contribution >= 4 is 23.5 Å². The van der Waals surface area contributed by atoms with Gasteiger partial charge in [-0.1, -0.05) is 31.0 Å². The smallest absolute Gasteiger partial charge is 0.310 e. The summed E-state index contributed by atoms with van der Waals surface area (Å²) in [6.07, 6.45) is 5.93. The third-order valence-corrected chi connectivity index (χ3v) is 6.91. The molecule has 2 amide bonds. The molecule has 0 radical (unpaired) electrons. The van der Waals surface area contributed by atoms with Gasteiger partial charge in [-0.05, 0) is 50.7 Å². The van der Waals surface area contributed by atoms with E-state index in [-0.39, 0.29) is 35.5 Å². The molecule has 3 unspecified atom stereocenters. The first kappa shape index (κ1) is 20.9. The molecule has 1 aromatic rings. The number of esters is 1.